The largest absolute Gasteiger partial charge is 0.491 e. The maximum absolute atomic E-state index is 9.79. The SMILES string of the molecule is Cc1cc2c(OCCO)c(c1)Cc1cc(C)cc(c1OCCO)Cc1cc(C)cc(c1OCCO)Cc1cc(C)cc(c1OCCO)C2. The zero-order valence-electron chi connectivity index (χ0n) is 28.5. The van der Waals surface area contributed by atoms with Crippen LogP contribution in [0.15, 0.2) is 48.5 Å². The molecule has 4 aromatic rings. The standard InChI is InChI=1S/C40H48O8/c1-25-13-29-21-31-15-26(2)17-33(38(31)46-10-6-42)23-35-19-28(4)20-36(40(35)48-12-8-44)24-34-18-27(3)16-32(39(34)47-11-7-43)22-30(14-25)37(29)45-9-5-41/h13-20,41-44H,5-12,21-24H2,1-4H3. The van der Waals surface area contributed by atoms with E-state index >= 15 is 0 Å². The average Bonchev–Trinajstić information content (AvgIpc) is 3.03. The molecule has 0 aromatic heterocycles. The summed E-state index contributed by atoms with van der Waals surface area (Å²) in [4.78, 5) is 0. The van der Waals surface area contributed by atoms with Gasteiger partial charge in [0, 0.05) is 25.7 Å². The lowest BCUT2D eigenvalue weighted by Crippen LogP contribution is -2.13. The van der Waals surface area contributed by atoms with Gasteiger partial charge in [0.15, 0.2) is 0 Å². The van der Waals surface area contributed by atoms with Gasteiger partial charge in [-0.3, -0.25) is 0 Å². The summed E-state index contributed by atoms with van der Waals surface area (Å²) in [6.45, 7) is 8.38. The highest BCUT2D eigenvalue weighted by Gasteiger charge is 2.23. The van der Waals surface area contributed by atoms with Crippen LogP contribution in [-0.2, 0) is 25.7 Å². The first-order valence-corrected chi connectivity index (χ1v) is 16.7. The van der Waals surface area contributed by atoms with Gasteiger partial charge in [-0.15, -0.1) is 0 Å². The molecule has 48 heavy (non-hydrogen) atoms. The monoisotopic (exact) mass is 656 g/mol. The van der Waals surface area contributed by atoms with E-state index in [0.29, 0.717) is 25.7 Å². The van der Waals surface area contributed by atoms with E-state index in [1.165, 1.54) is 0 Å². The highest BCUT2D eigenvalue weighted by Crippen LogP contribution is 2.40. The van der Waals surface area contributed by atoms with Crippen LogP contribution in [0.1, 0.15) is 66.8 Å². The second kappa shape index (κ2) is 16.3. The summed E-state index contributed by atoms with van der Waals surface area (Å²) in [6.07, 6.45) is 2.02. The van der Waals surface area contributed by atoms with Gasteiger partial charge in [0.2, 0.25) is 0 Å². The molecule has 256 valence electrons. The topological polar surface area (TPSA) is 118 Å². The smallest absolute Gasteiger partial charge is 0.126 e. The fourth-order valence-electron chi connectivity index (χ4n) is 6.92. The number of hydrogen-bond donors (Lipinski definition) is 4. The van der Waals surface area contributed by atoms with Crippen molar-refractivity contribution < 1.29 is 39.4 Å². The van der Waals surface area contributed by atoms with Crippen LogP contribution < -0.4 is 18.9 Å². The van der Waals surface area contributed by atoms with Crippen LogP contribution in [-0.4, -0.2) is 73.3 Å². The quantitative estimate of drug-likeness (QED) is 0.147. The molecule has 0 heterocycles. The minimum atomic E-state index is -0.122. The number of fused-ring (bicyclic) bond motifs is 8. The number of aliphatic hydroxyl groups excluding tert-OH is 4. The first-order chi connectivity index (χ1) is 23.2. The highest BCUT2D eigenvalue weighted by atomic mass is 16.5. The minimum Gasteiger partial charge on any atom is -0.491 e. The Morgan fingerprint density at radius 2 is 0.521 bits per heavy atom. The van der Waals surface area contributed by atoms with Crippen LogP contribution in [0.3, 0.4) is 0 Å². The molecule has 8 nitrogen and oxygen atoms in total. The maximum Gasteiger partial charge on any atom is 0.126 e. The van der Waals surface area contributed by atoms with Crippen molar-refractivity contribution in [2.75, 3.05) is 52.9 Å². The molecule has 0 saturated heterocycles. The van der Waals surface area contributed by atoms with Crippen molar-refractivity contribution in [1.29, 1.82) is 0 Å². The van der Waals surface area contributed by atoms with E-state index in [-0.39, 0.29) is 52.9 Å². The molecule has 1 aliphatic carbocycles. The number of aliphatic hydroxyl groups is 4. The lowest BCUT2D eigenvalue weighted by atomic mass is 9.88. The number of aryl methyl sites for hydroxylation is 4. The van der Waals surface area contributed by atoms with Crippen LogP contribution in [0.2, 0.25) is 0 Å². The van der Waals surface area contributed by atoms with Gasteiger partial charge in [-0.05, 0) is 72.2 Å². The molecule has 0 saturated carbocycles. The Hall–Kier alpha value is -4.08. The van der Waals surface area contributed by atoms with Crippen molar-refractivity contribution in [3.05, 3.63) is 115 Å². The molecule has 0 amide bonds. The Morgan fingerprint density at radius 3 is 0.667 bits per heavy atom. The number of hydrogen-bond acceptors (Lipinski definition) is 8. The first kappa shape index (κ1) is 35.2. The minimum absolute atomic E-state index is 0.122. The van der Waals surface area contributed by atoms with Crippen LogP contribution in [0.25, 0.3) is 0 Å². The van der Waals surface area contributed by atoms with Crippen molar-refractivity contribution >= 4 is 0 Å². The summed E-state index contributed by atoms with van der Waals surface area (Å²) in [5.41, 5.74) is 12.0. The summed E-state index contributed by atoms with van der Waals surface area (Å²) < 4.78 is 25.3. The van der Waals surface area contributed by atoms with Crippen LogP contribution in [0, 0.1) is 27.7 Å². The Bertz CT molecular complexity index is 1380. The third-order valence-corrected chi connectivity index (χ3v) is 8.42. The molecule has 0 radical (unpaired) electrons. The molecule has 8 heteroatoms. The van der Waals surface area contributed by atoms with Crippen molar-refractivity contribution in [3.8, 4) is 23.0 Å². The zero-order valence-corrected chi connectivity index (χ0v) is 28.5. The van der Waals surface area contributed by atoms with E-state index in [1.54, 1.807) is 0 Å². The van der Waals surface area contributed by atoms with Crippen molar-refractivity contribution in [2.45, 2.75) is 53.4 Å². The second-order valence-corrected chi connectivity index (χ2v) is 12.6. The molecule has 4 N–H and O–H groups in total. The molecule has 0 aliphatic heterocycles. The Morgan fingerprint density at radius 1 is 0.354 bits per heavy atom. The van der Waals surface area contributed by atoms with Gasteiger partial charge in [-0.25, -0.2) is 0 Å². The van der Waals surface area contributed by atoms with Gasteiger partial charge in [0.05, 0.1) is 26.4 Å². The predicted molar refractivity (Wildman–Crippen MR) is 186 cm³/mol. The van der Waals surface area contributed by atoms with E-state index in [1.807, 2.05) is 0 Å². The Labute approximate surface area is 283 Å². The number of rotatable bonds is 12. The molecule has 0 fully saturated rings. The van der Waals surface area contributed by atoms with E-state index in [0.717, 1.165) is 89.8 Å². The lowest BCUT2D eigenvalue weighted by molar-refractivity contribution is 0.197. The normalized spacial score (nSPS) is 12.5. The Balaban J connectivity index is 1.83. The van der Waals surface area contributed by atoms with E-state index < -0.39 is 0 Å². The Kier molecular flexibility index (Phi) is 12.0. The third-order valence-electron chi connectivity index (χ3n) is 8.42. The molecular weight excluding hydrogens is 608 g/mol. The molecular formula is C40H48O8. The molecule has 4 aromatic carbocycles. The highest BCUT2D eigenvalue weighted by molar-refractivity contribution is 5.58. The summed E-state index contributed by atoms with van der Waals surface area (Å²) in [6, 6.07) is 17.0. The van der Waals surface area contributed by atoms with E-state index in [4.69, 9.17) is 18.9 Å². The van der Waals surface area contributed by atoms with Gasteiger partial charge in [-0.2, -0.15) is 0 Å². The first-order valence-electron chi connectivity index (χ1n) is 16.7. The lowest BCUT2D eigenvalue weighted by Gasteiger charge is -2.24. The summed E-state index contributed by atoms with van der Waals surface area (Å²) >= 11 is 0. The van der Waals surface area contributed by atoms with Gasteiger partial charge < -0.3 is 39.4 Å². The molecule has 0 atom stereocenters. The second-order valence-electron chi connectivity index (χ2n) is 12.6. The van der Waals surface area contributed by atoms with Crippen LogP contribution >= 0.6 is 0 Å². The van der Waals surface area contributed by atoms with Gasteiger partial charge in [0.1, 0.15) is 49.4 Å². The maximum atomic E-state index is 9.79. The number of ether oxygens (including phenoxy) is 4. The van der Waals surface area contributed by atoms with Gasteiger partial charge in [0.25, 0.3) is 0 Å². The van der Waals surface area contributed by atoms with Crippen molar-refractivity contribution in [2.24, 2.45) is 0 Å². The zero-order chi connectivity index (χ0) is 34.2. The molecule has 1 aliphatic rings. The molecule has 0 spiro atoms. The van der Waals surface area contributed by atoms with Crippen LogP contribution in [0.4, 0.5) is 0 Å². The average molecular weight is 657 g/mol. The summed E-state index contributed by atoms with van der Waals surface area (Å²) in [7, 11) is 0. The summed E-state index contributed by atoms with van der Waals surface area (Å²) in [5, 5.41) is 39.2. The van der Waals surface area contributed by atoms with Crippen LogP contribution in [0.5, 0.6) is 23.0 Å². The number of benzene rings is 4. The fraction of sp³-hybridized carbons (Fsp3) is 0.400. The molecule has 0 unspecified atom stereocenters. The van der Waals surface area contributed by atoms with E-state index in [2.05, 4.69) is 76.2 Å². The molecule has 8 bridgehead atoms. The van der Waals surface area contributed by atoms with Crippen molar-refractivity contribution in [1.82, 2.24) is 0 Å². The van der Waals surface area contributed by atoms with Gasteiger partial charge in [-0.1, -0.05) is 70.8 Å². The summed E-state index contributed by atoms with van der Waals surface area (Å²) in [5.74, 6) is 2.87. The van der Waals surface area contributed by atoms with E-state index in [9.17, 15) is 20.4 Å². The third kappa shape index (κ3) is 8.31. The van der Waals surface area contributed by atoms with Crippen molar-refractivity contribution in [3.63, 3.8) is 0 Å². The predicted octanol–water partition coefficient (Wildman–Crippen LogP) is 5.08. The fourth-order valence-corrected chi connectivity index (χ4v) is 6.92. The van der Waals surface area contributed by atoms with Gasteiger partial charge >= 0.3 is 0 Å². The molecule has 5 rings (SSSR count).